The first kappa shape index (κ1) is 13.8. The van der Waals surface area contributed by atoms with Crippen molar-refractivity contribution >= 4 is 6.21 Å². The highest BCUT2D eigenvalue weighted by molar-refractivity contribution is 5.78. The Balaban J connectivity index is 0.000000423. The fraction of sp³-hybridized carbons (Fsp3) is 0.538. The molecule has 0 N–H and O–H groups in total. The van der Waals surface area contributed by atoms with Crippen molar-refractivity contribution < 1.29 is 0 Å². The van der Waals surface area contributed by atoms with Crippen molar-refractivity contribution in [2.24, 2.45) is 10.9 Å². The summed E-state index contributed by atoms with van der Waals surface area (Å²) in [6.45, 7) is 10.6. The van der Waals surface area contributed by atoms with Gasteiger partial charge in [0.2, 0.25) is 0 Å². The summed E-state index contributed by atoms with van der Waals surface area (Å²) in [5.74, 6) is 0.833. The molecule has 0 radical (unpaired) electrons. The number of hydrogen-bond acceptors (Lipinski definition) is 2. The topological polar surface area (TPSA) is 25.2 Å². The van der Waals surface area contributed by atoms with Crippen molar-refractivity contribution in [1.29, 1.82) is 0 Å². The van der Waals surface area contributed by atoms with Crippen LogP contribution in [0, 0.1) is 19.8 Å². The Morgan fingerprint density at radius 3 is 2.20 bits per heavy atom. The Kier molecular flexibility index (Phi) is 6.59. The van der Waals surface area contributed by atoms with Crippen LogP contribution in [-0.4, -0.2) is 18.2 Å². The highest BCUT2D eigenvalue weighted by atomic mass is 14.7. The largest absolute Gasteiger partial charge is 0.294 e. The minimum Gasteiger partial charge on any atom is -0.294 e. The van der Waals surface area contributed by atoms with Crippen molar-refractivity contribution in [3.63, 3.8) is 0 Å². The third-order valence-electron chi connectivity index (χ3n) is 1.51. The van der Waals surface area contributed by atoms with Crippen LogP contribution in [0.2, 0.25) is 0 Å². The monoisotopic (exact) mass is 206 g/mol. The van der Waals surface area contributed by atoms with Gasteiger partial charge < -0.3 is 0 Å². The van der Waals surface area contributed by atoms with Crippen molar-refractivity contribution in [1.82, 2.24) is 4.98 Å². The average Bonchev–Trinajstić information content (AvgIpc) is 2.09. The van der Waals surface area contributed by atoms with E-state index in [1.165, 1.54) is 11.1 Å². The predicted octanol–water partition coefficient (Wildman–Crippen LogP) is 3.41. The lowest BCUT2D eigenvalue weighted by molar-refractivity contribution is 0.737. The van der Waals surface area contributed by atoms with Gasteiger partial charge in [-0.15, -0.1) is 0 Å². The van der Waals surface area contributed by atoms with Crippen LogP contribution in [0.4, 0.5) is 0 Å². The first-order valence-corrected chi connectivity index (χ1v) is 5.32. The van der Waals surface area contributed by atoms with E-state index in [1.807, 2.05) is 20.0 Å². The van der Waals surface area contributed by atoms with Crippen LogP contribution in [0.5, 0.6) is 0 Å². The van der Waals surface area contributed by atoms with Crippen LogP contribution in [0.3, 0.4) is 0 Å². The second-order valence-electron chi connectivity index (χ2n) is 4.33. The molecule has 0 aliphatic carbocycles. The van der Waals surface area contributed by atoms with Gasteiger partial charge in [-0.2, -0.15) is 0 Å². The first-order chi connectivity index (χ1) is 6.97. The normalized spacial score (nSPS) is 10.3. The third-order valence-corrected chi connectivity index (χ3v) is 1.51. The molecule has 1 aromatic rings. The molecule has 1 heterocycles. The van der Waals surface area contributed by atoms with Crippen molar-refractivity contribution in [2.45, 2.75) is 34.6 Å². The van der Waals surface area contributed by atoms with Gasteiger partial charge in [0, 0.05) is 19.5 Å². The van der Waals surface area contributed by atoms with E-state index in [9.17, 15) is 0 Å². The molecule has 0 fully saturated rings. The molecule has 0 amide bonds. The second kappa shape index (κ2) is 7.16. The SMILES string of the molecule is CC(C)C.CN=Cc1ncc(C)cc1C. The number of rotatable bonds is 1. The van der Waals surface area contributed by atoms with E-state index in [4.69, 9.17) is 0 Å². The molecule has 0 aliphatic rings. The number of aryl methyl sites for hydroxylation is 2. The summed E-state index contributed by atoms with van der Waals surface area (Å²) in [5.41, 5.74) is 3.32. The molecule has 0 aliphatic heterocycles. The number of aliphatic imine (C=N–C) groups is 1. The molecular weight excluding hydrogens is 184 g/mol. The molecule has 0 unspecified atom stereocenters. The van der Waals surface area contributed by atoms with Crippen LogP contribution in [0.1, 0.15) is 37.6 Å². The highest BCUT2D eigenvalue weighted by Gasteiger charge is 1.94. The van der Waals surface area contributed by atoms with E-state index >= 15 is 0 Å². The Bertz CT molecular complexity index is 312. The van der Waals surface area contributed by atoms with Crippen molar-refractivity contribution in [3.8, 4) is 0 Å². The molecule has 0 bridgehead atoms. The zero-order valence-electron chi connectivity index (χ0n) is 10.7. The lowest BCUT2D eigenvalue weighted by Crippen LogP contribution is -1.92. The Labute approximate surface area is 93.5 Å². The maximum atomic E-state index is 4.22. The van der Waals surface area contributed by atoms with Gasteiger partial charge in [0.25, 0.3) is 0 Å². The molecule has 0 spiro atoms. The van der Waals surface area contributed by atoms with Gasteiger partial charge in [-0.25, -0.2) is 0 Å². The highest BCUT2D eigenvalue weighted by Crippen LogP contribution is 2.03. The summed E-state index contributed by atoms with van der Waals surface area (Å²) in [6.07, 6.45) is 3.62. The molecule has 0 saturated carbocycles. The standard InChI is InChI=1S/C9H12N2.C4H10/c1-7-4-8(2)9(6-10-3)11-5-7;1-4(2)3/h4-6H,1-3H3;4H,1-3H3. The number of aromatic nitrogens is 1. The minimum absolute atomic E-state index is 0.833. The Morgan fingerprint density at radius 1 is 1.27 bits per heavy atom. The second-order valence-corrected chi connectivity index (χ2v) is 4.33. The van der Waals surface area contributed by atoms with Gasteiger partial charge in [-0.05, 0) is 30.9 Å². The molecule has 1 aromatic heterocycles. The predicted molar refractivity (Wildman–Crippen MR) is 67.7 cm³/mol. The van der Waals surface area contributed by atoms with Crippen molar-refractivity contribution in [2.75, 3.05) is 7.05 Å². The van der Waals surface area contributed by atoms with Gasteiger partial charge in [0.05, 0.1) is 5.69 Å². The zero-order valence-corrected chi connectivity index (χ0v) is 10.7. The lowest BCUT2D eigenvalue weighted by Gasteiger charge is -1.98. The van der Waals surface area contributed by atoms with Crippen LogP contribution in [0.15, 0.2) is 17.3 Å². The van der Waals surface area contributed by atoms with Gasteiger partial charge in [0.1, 0.15) is 0 Å². The quantitative estimate of drug-likeness (QED) is 0.646. The zero-order chi connectivity index (χ0) is 11.8. The van der Waals surface area contributed by atoms with Crippen LogP contribution < -0.4 is 0 Å². The van der Waals surface area contributed by atoms with Crippen LogP contribution >= 0.6 is 0 Å². The molecule has 0 saturated heterocycles. The third kappa shape index (κ3) is 6.83. The minimum atomic E-state index is 0.833. The number of nitrogens with zero attached hydrogens (tertiary/aromatic N) is 2. The summed E-state index contributed by atoms with van der Waals surface area (Å²) < 4.78 is 0. The van der Waals surface area contributed by atoms with E-state index in [1.54, 1.807) is 13.3 Å². The summed E-state index contributed by atoms with van der Waals surface area (Å²) in [5, 5.41) is 0. The van der Waals surface area contributed by atoms with E-state index in [2.05, 4.69) is 36.8 Å². The van der Waals surface area contributed by atoms with E-state index in [0.29, 0.717) is 0 Å². The fourth-order valence-electron chi connectivity index (χ4n) is 0.983. The average molecular weight is 206 g/mol. The van der Waals surface area contributed by atoms with Gasteiger partial charge in [-0.3, -0.25) is 9.98 Å². The smallest absolute Gasteiger partial charge is 0.0836 e. The van der Waals surface area contributed by atoms with Gasteiger partial charge in [-0.1, -0.05) is 26.8 Å². The van der Waals surface area contributed by atoms with Crippen molar-refractivity contribution in [3.05, 3.63) is 29.1 Å². The Morgan fingerprint density at radius 2 is 1.80 bits per heavy atom. The van der Waals surface area contributed by atoms with Crippen LogP contribution in [0.25, 0.3) is 0 Å². The van der Waals surface area contributed by atoms with E-state index < -0.39 is 0 Å². The number of hydrogen-bond donors (Lipinski definition) is 0. The van der Waals surface area contributed by atoms with Gasteiger partial charge in [0.15, 0.2) is 0 Å². The molecule has 84 valence electrons. The van der Waals surface area contributed by atoms with E-state index in [0.717, 1.165) is 11.6 Å². The molecule has 2 heteroatoms. The number of pyridine rings is 1. The fourth-order valence-corrected chi connectivity index (χ4v) is 0.983. The summed E-state index contributed by atoms with van der Waals surface area (Å²) in [7, 11) is 1.75. The molecule has 0 atom stereocenters. The summed E-state index contributed by atoms with van der Waals surface area (Å²) in [6, 6.07) is 2.10. The van der Waals surface area contributed by atoms with Crippen LogP contribution in [-0.2, 0) is 0 Å². The summed E-state index contributed by atoms with van der Waals surface area (Å²) in [4.78, 5) is 8.13. The lowest BCUT2D eigenvalue weighted by atomic mass is 10.2. The molecule has 0 aromatic carbocycles. The molecule has 15 heavy (non-hydrogen) atoms. The van der Waals surface area contributed by atoms with E-state index in [-0.39, 0.29) is 0 Å². The molecule has 2 nitrogen and oxygen atoms in total. The maximum absolute atomic E-state index is 4.22. The van der Waals surface area contributed by atoms with Gasteiger partial charge >= 0.3 is 0 Å². The summed E-state index contributed by atoms with van der Waals surface area (Å²) >= 11 is 0. The molecular formula is C13H22N2. The Hall–Kier alpha value is -1.18. The first-order valence-electron chi connectivity index (χ1n) is 5.32. The molecule has 1 rings (SSSR count). The maximum Gasteiger partial charge on any atom is 0.0836 e.